The lowest BCUT2D eigenvalue weighted by molar-refractivity contribution is 0.102. The van der Waals surface area contributed by atoms with Gasteiger partial charge in [-0.3, -0.25) is 20.1 Å². The highest BCUT2D eigenvalue weighted by atomic mass is 19.1. The molecular formula is C22H23F2N9O3. The predicted octanol–water partition coefficient (Wildman–Crippen LogP) is 1.98. The van der Waals surface area contributed by atoms with Crippen molar-refractivity contribution >= 4 is 23.4 Å². The molecule has 2 amide bonds. The zero-order valence-electron chi connectivity index (χ0n) is 19.5. The van der Waals surface area contributed by atoms with Crippen LogP contribution < -0.4 is 22.2 Å². The van der Waals surface area contributed by atoms with E-state index in [9.17, 15) is 18.4 Å². The fourth-order valence-electron chi connectivity index (χ4n) is 2.97. The molecule has 0 bridgehead atoms. The van der Waals surface area contributed by atoms with Crippen molar-refractivity contribution in [2.45, 2.75) is 20.0 Å². The van der Waals surface area contributed by atoms with Crippen molar-refractivity contribution in [3.63, 3.8) is 0 Å². The molecule has 0 fully saturated rings. The van der Waals surface area contributed by atoms with Crippen LogP contribution in [0.1, 0.15) is 40.3 Å². The van der Waals surface area contributed by atoms with Gasteiger partial charge in [0.15, 0.2) is 5.82 Å². The van der Waals surface area contributed by atoms with Crippen LogP contribution >= 0.6 is 0 Å². The van der Waals surface area contributed by atoms with Crippen LogP contribution in [0.15, 0.2) is 48.7 Å². The molecule has 0 aliphatic carbocycles. The lowest BCUT2D eigenvalue weighted by Crippen LogP contribution is -2.39. The van der Waals surface area contributed by atoms with Crippen molar-refractivity contribution < 1.29 is 23.1 Å². The Hall–Kier alpha value is -4.72. The number of aromatic nitrogens is 4. The first-order valence-electron chi connectivity index (χ1n) is 10.4. The summed E-state index contributed by atoms with van der Waals surface area (Å²) in [5, 5.41) is 13.6. The second kappa shape index (κ2) is 11.1. The van der Waals surface area contributed by atoms with Crippen molar-refractivity contribution in [3.05, 3.63) is 83.0 Å². The summed E-state index contributed by atoms with van der Waals surface area (Å²) in [7, 11) is 1.40. The molecule has 3 aromatic rings. The average molecular weight is 499 g/mol. The minimum Gasteiger partial charge on any atom is -0.441 e. The number of nitrogens with zero attached hydrogens (tertiary/aromatic N) is 5. The monoisotopic (exact) mass is 499 g/mol. The van der Waals surface area contributed by atoms with Crippen LogP contribution in [0.4, 0.5) is 19.3 Å². The first-order valence-corrected chi connectivity index (χ1v) is 10.4. The summed E-state index contributed by atoms with van der Waals surface area (Å²) in [4.78, 5) is 32.2. The molecule has 3 rings (SSSR count). The van der Waals surface area contributed by atoms with Gasteiger partial charge >= 0.3 is 6.09 Å². The molecule has 0 saturated heterocycles. The molecule has 3 heterocycles. The Morgan fingerprint density at radius 1 is 1.14 bits per heavy atom. The van der Waals surface area contributed by atoms with Gasteiger partial charge in [0.25, 0.3) is 5.91 Å². The number of halogens is 2. The Kier molecular flexibility index (Phi) is 8.01. The minimum absolute atomic E-state index is 0.0324. The molecule has 14 heteroatoms. The highest BCUT2D eigenvalue weighted by molar-refractivity contribution is 6.04. The Balaban J connectivity index is 1.72. The number of carbonyl (C=O) groups is 2. The molecule has 3 aromatic heterocycles. The fraction of sp³-hybridized carbons (Fsp3) is 0.182. The molecule has 0 radical (unpaired) electrons. The van der Waals surface area contributed by atoms with Gasteiger partial charge in [0.2, 0.25) is 5.95 Å². The van der Waals surface area contributed by atoms with Crippen LogP contribution in [0.2, 0.25) is 0 Å². The largest absolute Gasteiger partial charge is 0.441 e. The van der Waals surface area contributed by atoms with E-state index < -0.39 is 29.9 Å². The number of carbonyl (C=O) groups excluding carboxylic acids is 2. The fourth-order valence-corrected chi connectivity index (χ4v) is 2.97. The summed E-state index contributed by atoms with van der Waals surface area (Å²) in [6.07, 6.45) is 1.19. The number of hydrogen-bond donors (Lipinski definition) is 4. The van der Waals surface area contributed by atoms with Crippen molar-refractivity contribution in [2.24, 2.45) is 11.6 Å². The lowest BCUT2D eigenvalue weighted by atomic mass is 10.2. The van der Waals surface area contributed by atoms with Crippen LogP contribution in [0.3, 0.4) is 0 Å². The quantitative estimate of drug-likeness (QED) is 0.214. The van der Waals surface area contributed by atoms with Gasteiger partial charge in [-0.1, -0.05) is 0 Å². The van der Waals surface area contributed by atoms with E-state index in [0.717, 1.165) is 11.1 Å². The molecular weight excluding hydrogens is 476 g/mol. The number of rotatable bonds is 7. The summed E-state index contributed by atoms with van der Waals surface area (Å²) >= 11 is 0. The van der Waals surface area contributed by atoms with Crippen LogP contribution in [-0.4, -0.2) is 44.2 Å². The topological polar surface area (TPSA) is 174 Å². The average Bonchev–Trinajstić information content (AvgIpc) is 2.83. The van der Waals surface area contributed by atoms with Gasteiger partial charge in [-0.05, 0) is 38.1 Å². The number of nitrogens with one attached hydrogen (secondary N) is 2. The first-order chi connectivity index (χ1) is 17.0. The molecule has 6 N–H and O–H groups in total. The number of amides is 2. The number of alkyl carbamates (subject to hydrolysis) is 1. The number of aryl methyl sites for hydroxylation is 1. The molecule has 0 aliphatic heterocycles. The Bertz CT molecular complexity index is 1300. The highest BCUT2D eigenvalue weighted by Crippen LogP contribution is 2.20. The summed E-state index contributed by atoms with van der Waals surface area (Å²) in [6, 6.07) is 5.49. The Morgan fingerprint density at radius 3 is 2.53 bits per heavy atom. The molecule has 12 nitrogen and oxygen atoms in total. The molecule has 0 saturated carbocycles. The van der Waals surface area contributed by atoms with Gasteiger partial charge in [-0.15, -0.1) is 0 Å². The van der Waals surface area contributed by atoms with Gasteiger partial charge in [0, 0.05) is 7.05 Å². The van der Waals surface area contributed by atoms with Gasteiger partial charge in [0.1, 0.15) is 17.6 Å². The smallest absolute Gasteiger partial charge is 0.413 e. The summed E-state index contributed by atoms with van der Waals surface area (Å²) < 4.78 is 32.3. The van der Waals surface area contributed by atoms with Gasteiger partial charge in [-0.25, -0.2) is 20.0 Å². The molecule has 0 spiro atoms. The summed E-state index contributed by atoms with van der Waals surface area (Å²) in [5.41, 5.74) is 7.36. The number of hydrogen-bond acceptors (Lipinski definition) is 10. The van der Waals surface area contributed by atoms with Crippen LogP contribution in [0.5, 0.6) is 0 Å². The number of nitrogens with two attached hydrogens (primary N) is 2. The van der Waals surface area contributed by atoms with E-state index in [1.54, 1.807) is 19.1 Å². The molecule has 36 heavy (non-hydrogen) atoms. The SMILES string of the molecule is Cc1cc(C(=O)Nc2ccc(/C(N)=C(\NC(=O)O[C@H](C)c3cc(F)cnc3F)N(C)N)nc2)cnn1. The van der Waals surface area contributed by atoms with Crippen molar-refractivity contribution in [1.82, 2.24) is 30.5 Å². The molecule has 0 aromatic carbocycles. The van der Waals surface area contributed by atoms with E-state index >= 15 is 0 Å². The number of pyridine rings is 2. The molecule has 0 aliphatic rings. The summed E-state index contributed by atoms with van der Waals surface area (Å²) in [6.45, 7) is 3.05. The standard InChI is InChI=1S/C22H23F2N9O3/c1-11-6-13(8-29-32-11)21(34)30-15-4-5-17(27-10-15)18(25)20(33(3)26)31-22(35)36-12(2)16-7-14(23)9-28-19(16)24/h4-10,12H,25-26H2,1-3H3,(H,30,34)(H,31,35)/b20-18-/t12-/m1/s1. The van der Waals surface area contributed by atoms with Gasteiger partial charge in [-0.2, -0.15) is 14.6 Å². The zero-order chi connectivity index (χ0) is 26.4. The van der Waals surface area contributed by atoms with Crippen LogP contribution in [-0.2, 0) is 4.74 Å². The van der Waals surface area contributed by atoms with Crippen molar-refractivity contribution in [2.75, 3.05) is 12.4 Å². The third kappa shape index (κ3) is 6.44. The van der Waals surface area contributed by atoms with Crippen LogP contribution in [0.25, 0.3) is 5.70 Å². The van der Waals surface area contributed by atoms with Crippen molar-refractivity contribution in [1.29, 1.82) is 0 Å². The van der Waals surface area contributed by atoms with E-state index in [4.69, 9.17) is 16.3 Å². The van der Waals surface area contributed by atoms with Gasteiger partial charge in [0.05, 0.1) is 46.8 Å². The van der Waals surface area contributed by atoms with Crippen LogP contribution in [0, 0.1) is 18.7 Å². The maximum absolute atomic E-state index is 13.8. The van der Waals surface area contributed by atoms with Crippen molar-refractivity contribution in [3.8, 4) is 0 Å². The molecule has 0 unspecified atom stereocenters. The van der Waals surface area contributed by atoms with E-state index in [-0.39, 0.29) is 22.8 Å². The normalized spacial score (nSPS) is 12.3. The molecule has 188 valence electrons. The summed E-state index contributed by atoms with van der Waals surface area (Å²) in [5.74, 6) is 3.55. The Labute approximate surface area is 204 Å². The second-order valence-corrected chi connectivity index (χ2v) is 7.55. The first kappa shape index (κ1) is 25.9. The maximum atomic E-state index is 13.8. The lowest BCUT2D eigenvalue weighted by Gasteiger charge is -2.21. The Morgan fingerprint density at radius 2 is 1.89 bits per heavy atom. The molecule has 1 atom stereocenters. The third-order valence-corrected chi connectivity index (χ3v) is 4.72. The zero-order valence-corrected chi connectivity index (χ0v) is 19.5. The van der Waals surface area contributed by atoms with E-state index in [1.165, 1.54) is 32.4 Å². The van der Waals surface area contributed by atoms with E-state index in [2.05, 4.69) is 30.8 Å². The predicted molar refractivity (Wildman–Crippen MR) is 124 cm³/mol. The highest BCUT2D eigenvalue weighted by Gasteiger charge is 2.20. The van der Waals surface area contributed by atoms with Gasteiger partial charge < -0.3 is 15.8 Å². The number of hydrazine groups is 1. The third-order valence-electron chi connectivity index (χ3n) is 4.72. The number of anilines is 1. The maximum Gasteiger partial charge on any atom is 0.413 e. The van der Waals surface area contributed by atoms with E-state index in [1.807, 2.05) is 0 Å². The minimum atomic E-state index is -1.17. The second-order valence-electron chi connectivity index (χ2n) is 7.55. The van der Waals surface area contributed by atoms with E-state index in [0.29, 0.717) is 23.1 Å². The number of ether oxygens (including phenoxy) is 1.